The summed E-state index contributed by atoms with van der Waals surface area (Å²) < 4.78 is 5.68. The molecule has 1 heterocycles. The van der Waals surface area contributed by atoms with Crippen LogP contribution in [-0.4, -0.2) is 55.7 Å². The van der Waals surface area contributed by atoms with Crippen LogP contribution in [-0.2, 0) is 4.74 Å². The third-order valence-electron chi connectivity index (χ3n) is 10.9. The molecule has 3 nitrogen and oxygen atoms in total. The summed E-state index contributed by atoms with van der Waals surface area (Å²) in [7, 11) is 1.91. The van der Waals surface area contributed by atoms with Gasteiger partial charge in [0.05, 0.1) is 6.10 Å². The van der Waals surface area contributed by atoms with Gasteiger partial charge >= 0.3 is 0 Å². The molecule has 0 spiro atoms. The molecule has 204 valence electrons. The number of methoxy groups -OCH3 is 1. The van der Waals surface area contributed by atoms with Crippen molar-refractivity contribution >= 4 is 11.6 Å². The summed E-state index contributed by atoms with van der Waals surface area (Å²) in [4.78, 5) is 2.79. The predicted molar refractivity (Wildman–Crippen MR) is 150 cm³/mol. The number of ether oxygens (including phenoxy) is 1. The van der Waals surface area contributed by atoms with Crippen LogP contribution >= 0.6 is 11.6 Å². The largest absolute Gasteiger partial charge is 0.381 e. The Bertz CT molecular complexity index is 631. The van der Waals surface area contributed by atoms with Crippen LogP contribution in [0.3, 0.4) is 0 Å². The van der Waals surface area contributed by atoms with Crippen molar-refractivity contribution in [1.82, 2.24) is 10.2 Å². The fourth-order valence-corrected chi connectivity index (χ4v) is 8.93. The summed E-state index contributed by atoms with van der Waals surface area (Å²) >= 11 is 6.41. The Kier molecular flexibility index (Phi) is 10.3. The van der Waals surface area contributed by atoms with Gasteiger partial charge in [-0.3, -0.25) is 0 Å². The number of hydrogen-bond acceptors (Lipinski definition) is 3. The molecule has 5 unspecified atom stereocenters. The normalized spacial score (nSPS) is 39.3. The predicted octanol–water partition coefficient (Wildman–Crippen LogP) is 7.37. The van der Waals surface area contributed by atoms with Gasteiger partial charge in [0.15, 0.2) is 0 Å². The van der Waals surface area contributed by atoms with E-state index in [4.69, 9.17) is 16.3 Å². The van der Waals surface area contributed by atoms with Crippen molar-refractivity contribution in [2.75, 3.05) is 33.3 Å². The zero-order valence-corrected chi connectivity index (χ0v) is 24.5. The topological polar surface area (TPSA) is 24.5 Å². The van der Waals surface area contributed by atoms with Crippen molar-refractivity contribution in [3.63, 3.8) is 0 Å². The molecule has 0 aromatic rings. The lowest BCUT2D eigenvalue weighted by Gasteiger charge is -2.49. The zero-order valence-electron chi connectivity index (χ0n) is 23.7. The SMILES string of the molecule is COC1CCC2CC(CCN[C@@H](CN3CCC(C4CCC(Cl)CC4)C(C)(C)C3)C(C)C)CCC2C1. The minimum atomic E-state index is 0.421. The first-order valence-corrected chi connectivity index (χ1v) is 15.8. The minimum Gasteiger partial charge on any atom is -0.381 e. The van der Waals surface area contributed by atoms with Crippen LogP contribution in [0.2, 0.25) is 0 Å². The van der Waals surface area contributed by atoms with Crippen LogP contribution in [0, 0.1) is 40.9 Å². The van der Waals surface area contributed by atoms with E-state index in [2.05, 4.69) is 37.9 Å². The second-order valence-corrected chi connectivity index (χ2v) is 14.7. The van der Waals surface area contributed by atoms with Gasteiger partial charge in [0, 0.05) is 31.6 Å². The summed E-state index contributed by atoms with van der Waals surface area (Å²) in [5, 5.41) is 4.47. The van der Waals surface area contributed by atoms with Crippen LogP contribution in [0.5, 0.6) is 0 Å². The summed E-state index contributed by atoms with van der Waals surface area (Å²) in [6, 6.07) is 0.613. The Morgan fingerprint density at radius 1 is 0.914 bits per heavy atom. The van der Waals surface area contributed by atoms with Crippen molar-refractivity contribution < 1.29 is 4.74 Å². The van der Waals surface area contributed by atoms with Crippen molar-refractivity contribution in [3.05, 3.63) is 0 Å². The number of nitrogens with zero attached hydrogens (tertiary/aromatic N) is 1. The molecule has 3 saturated carbocycles. The molecule has 3 aliphatic carbocycles. The molecule has 0 amide bonds. The van der Waals surface area contributed by atoms with E-state index in [1.807, 2.05) is 7.11 Å². The van der Waals surface area contributed by atoms with E-state index in [9.17, 15) is 0 Å². The summed E-state index contributed by atoms with van der Waals surface area (Å²) in [5.74, 6) is 5.33. The van der Waals surface area contributed by atoms with Gasteiger partial charge in [0.25, 0.3) is 0 Å². The summed E-state index contributed by atoms with van der Waals surface area (Å²) in [6.45, 7) is 14.9. The molecule has 0 radical (unpaired) electrons. The van der Waals surface area contributed by atoms with Gasteiger partial charge in [-0.05, 0) is 125 Å². The van der Waals surface area contributed by atoms with E-state index in [0.717, 1.165) is 29.6 Å². The minimum absolute atomic E-state index is 0.421. The fraction of sp³-hybridized carbons (Fsp3) is 1.00. The molecule has 1 aliphatic heterocycles. The Morgan fingerprint density at radius 2 is 1.60 bits per heavy atom. The second-order valence-electron chi connectivity index (χ2n) is 14.1. The first-order chi connectivity index (χ1) is 16.7. The molecule has 4 heteroatoms. The Hall–Kier alpha value is 0.170. The number of piperidine rings is 1. The number of likely N-dealkylation sites (tertiary alicyclic amines) is 1. The monoisotopic (exact) mass is 508 g/mol. The second kappa shape index (κ2) is 12.8. The molecule has 35 heavy (non-hydrogen) atoms. The Labute approximate surface area is 222 Å². The van der Waals surface area contributed by atoms with Crippen LogP contribution in [0.15, 0.2) is 0 Å². The maximum atomic E-state index is 6.41. The maximum Gasteiger partial charge on any atom is 0.0574 e. The molecular weight excluding hydrogens is 452 g/mol. The number of alkyl halides is 1. The lowest BCUT2D eigenvalue weighted by Crippen LogP contribution is -2.53. The maximum absolute atomic E-state index is 6.41. The van der Waals surface area contributed by atoms with E-state index in [-0.39, 0.29) is 0 Å². The first-order valence-electron chi connectivity index (χ1n) is 15.4. The highest BCUT2D eigenvalue weighted by atomic mass is 35.5. The van der Waals surface area contributed by atoms with E-state index < -0.39 is 0 Å². The van der Waals surface area contributed by atoms with E-state index in [1.165, 1.54) is 103 Å². The standard InChI is InChI=1S/C31H57ClN2O/c1-22(2)30(33-16-14-23-6-7-26-19-28(35-5)13-10-25(26)18-23)20-34-17-15-29(31(3,4)21-34)24-8-11-27(32)12-9-24/h22-30,33H,6-21H2,1-5H3/t23?,24?,25?,26?,27?,28?,29?,30-/m0/s1. The van der Waals surface area contributed by atoms with Crippen LogP contribution < -0.4 is 5.32 Å². The molecular formula is C31H57ClN2O. The lowest BCUT2D eigenvalue weighted by molar-refractivity contribution is 0.00313. The number of hydrogen-bond donors (Lipinski definition) is 1. The number of halogens is 1. The third-order valence-corrected chi connectivity index (χ3v) is 11.3. The van der Waals surface area contributed by atoms with Crippen LogP contribution in [0.25, 0.3) is 0 Å². The van der Waals surface area contributed by atoms with Crippen LogP contribution in [0.1, 0.15) is 105 Å². The fourth-order valence-electron chi connectivity index (χ4n) is 8.68. The highest BCUT2D eigenvalue weighted by molar-refractivity contribution is 6.20. The Balaban J connectivity index is 1.20. The van der Waals surface area contributed by atoms with Crippen molar-refractivity contribution in [2.24, 2.45) is 40.9 Å². The van der Waals surface area contributed by atoms with Gasteiger partial charge in [0.2, 0.25) is 0 Å². The average molecular weight is 509 g/mol. The number of fused-ring (bicyclic) bond motifs is 1. The van der Waals surface area contributed by atoms with Crippen LogP contribution in [0.4, 0.5) is 0 Å². The van der Waals surface area contributed by atoms with Crippen molar-refractivity contribution in [2.45, 2.75) is 122 Å². The van der Waals surface area contributed by atoms with Gasteiger partial charge < -0.3 is 15.0 Å². The van der Waals surface area contributed by atoms with Gasteiger partial charge in [-0.2, -0.15) is 0 Å². The van der Waals surface area contributed by atoms with Gasteiger partial charge in [0.1, 0.15) is 0 Å². The molecule has 4 fully saturated rings. The van der Waals surface area contributed by atoms with Gasteiger partial charge in [-0.25, -0.2) is 0 Å². The number of rotatable bonds is 9. The molecule has 1 N–H and O–H groups in total. The highest BCUT2D eigenvalue weighted by Crippen LogP contribution is 2.46. The quantitative estimate of drug-likeness (QED) is 0.329. The molecule has 0 aromatic heterocycles. The smallest absolute Gasteiger partial charge is 0.0574 e. The average Bonchev–Trinajstić information content (AvgIpc) is 2.83. The summed E-state index contributed by atoms with van der Waals surface area (Å²) in [6.07, 6.45) is 16.8. The summed E-state index contributed by atoms with van der Waals surface area (Å²) in [5.41, 5.74) is 0.421. The van der Waals surface area contributed by atoms with Crippen molar-refractivity contribution in [3.8, 4) is 0 Å². The lowest BCUT2D eigenvalue weighted by atomic mass is 9.64. The van der Waals surface area contributed by atoms with Gasteiger partial charge in [-0.1, -0.05) is 34.1 Å². The molecule has 1 saturated heterocycles. The van der Waals surface area contributed by atoms with Gasteiger partial charge in [-0.15, -0.1) is 11.6 Å². The molecule has 6 atom stereocenters. The Morgan fingerprint density at radius 3 is 2.29 bits per heavy atom. The molecule has 4 rings (SSSR count). The third kappa shape index (κ3) is 7.61. The first kappa shape index (κ1) is 28.2. The van der Waals surface area contributed by atoms with E-state index >= 15 is 0 Å². The van der Waals surface area contributed by atoms with E-state index in [0.29, 0.717) is 28.9 Å². The molecule has 0 aromatic carbocycles. The van der Waals surface area contributed by atoms with Crippen molar-refractivity contribution in [1.29, 1.82) is 0 Å². The number of nitrogens with one attached hydrogen (secondary N) is 1. The molecule has 0 bridgehead atoms. The molecule has 4 aliphatic rings. The van der Waals surface area contributed by atoms with E-state index in [1.54, 1.807) is 0 Å². The highest BCUT2D eigenvalue weighted by Gasteiger charge is 2.41. The zero-order chi connectivity index (χ0) is 25.0.